The first-order valence-electron chi connectivity index (χ1n) is 2.64. The molecule has 4 heteroatoms. The zero-order valence-electron chi connectivity index (χ0n) is 5.37. The number of hydrogen-bond donors (Lipinski definition) is 1. The third-order valence-electron chi connectivity index (χ3n) is 0.736. The lowest BCUT2D eigenvalue weighted by molar-refractivity contribution is -0.120. The summed E-state index contributed by atoms with van der Waals surface area (Å²) < 4.78 is -0.955. The van der Waals surface area contributed by atoms with Crippen molar-refractivity contribution >= 4 is 33.4 Å². The maximum absolute atomic E-state index is 10.8. The summed E-state index contributed by atoms with van der Waals surface area (Å²) in [5, 5.41) is 2.57. The molecule has 2 nitrogen and oxygen atoms in total. The minimum absolute atomic E-state index is 0.202. The van der Waals surface area contributed by atoms with Gasteiger partial charge in [0, 0.05) is 6.54 Å². The van der Waals surface area contributed by atoms with Gasteiger partial charge >= 0.3 is 0 Å². The number of hydrogen-bond acceptors (Lipinski definition) is 1. The maximum Gasteiger partial charge on any atom is 0.251 e. The minimum Gasteiger partial charge on any atom is -0.354 e. The van der Waals surface area contributed by atoms with E-state index in [1.807, 2.05) is 6.92 Å². The van der Waals surface area contributed by atoms with Crippen LogP contribution in [0.25, 0.3) is 0 Å². The van der Waals surface area contributed by atoms with Crippen LogP contribution >= 0.6 is 27.5 Å². The van der Waals surface area contributed by atoms with E-state index in [4.69, 9.17) is 11.6 Å². The summed E-state index contributed by atoms with van der Waals surface area (Å²) in [6.45, 7) is 4.03. The average Bonchev–Trinajstić information content (AvgIpc) is 1.64. The standard InChI is InChI=1S/C5H9BrClNO/c1-3-8-4(9)5(2,6)7/h3H2,1-2H3,(H,8,9). The van der Waals surface area contributed by atoms with Gasteiger partial charge in [0.05, 0.1) is 0 Å². The zero-order valence-corrected chi connectivity index (χ0v) is 7.71. The van der Waals surface area contributed by atoms with Gasteiger partial charge in [-0.25, -0.2) is 0 Å². The van der Waals surface area contributed by atoms with Gasteiger partial charge < -0.3 is 5.32 Å². The van der Waals surface area contributed by atoms with Gasteiger partial charge in [0.1, 0.15) is 0 Å². The summed E-state index contributed by atoms with van der Waals surface area (Å²) in [7, 11) is 0. The Balaban J connectivity index is 3.74. The molecule has 9 heavy (non-hydrogen) atoms. The summed E-state index contributed by atoms with van der Waals surface area (Å²) in [6, 6.07) is 0. The molecule has 0 aliphatic carbocycles. The van der Waals surface area contributed by atoms with Crippen molar-refractivity contribution in [2.75, 3.05) is 6.54 Å². The van der Waals surface area contributed by atoms with Crippen LogP contribution in [0.4, 0.5) is 0 Å². The molecule has 1 atom stereocenters. The summed E-state index contributed by atoms with van der Waals surface area (Å²) in [5.41, 5.74) is 0. The highest BCUT2D eigenvalue weighted by molar-refractivity contribution is 9.10. The number of amides is 1. The van der Waals surface area contributed by atoms with Crippen molar-refractivity contribution in [2.24, 2.45) is 0 Å². The molecule has 0 rings (SSSR count). The molecule has 1 unspecified atom stereocenters. The highest BCUT2D eigenvalue weighted by Crippen LogP contribution is 2.21. The Morgan fingerprint density at radius 2 is 2.33 bits per heavy atom. The Labute approximate surface area is 68.1 Å². The predicted molar refractivity (Wildman–Crippen MR) is 41.9 cm³/mol. The molecule has 0 aromatic heterocycles. The summed E-state index contributed by atoms with van der Waals surface area (Å²) in [6.07, 6.45) is 0. The van der Waals surface area contributed by atoms with Crippen LogP contribution in [0.15, 0.2) is 0 Å². The van der Waals surface area contributed by atoms with Gasteiger partial charge in [0.25, 0.3) is 5.91 Å². The molecule has 0 aromatic rings. The van der Waals surface area contributed by atoms with E-state index in [1.54, 1.807) is 6.92 Å². The topological polar surface area (TPSA) is 29.1 Å². The molecule has 1 N–H and O–H groups in total. The largest absolute Gasteiger partial charge is 0.354 e. The van der Waals surface area contributed by atoms with Gasteiger partial charge in [0.15, 0.2) is 3.78 Å². The molecule has 0 fully saturated rings. The first-order valence-corrected chi connectivity index (χ1v) is 3.81. The van der Waals surface area contributed by atoms with E-state index in [2.05, 4.69) is 21.2 Å². The monoisotopic (exact) mass is 213 g/mol. The number of carbonyl (C=O) groups is 1. The molecule has 0 aromatic carbocycles. The van der Waals surface area contributed by atoms with Crippen LogP contribution in [0.1, 0.15) is 13.8 Å². The summed E-state index contributed by atoms with van der Waals surface area (Å²) in [4.78, 5) is 10.8. The molecular formula is C5H9BrClNO. The van der Waals surface area contributed by atoms with Crippen molar-refractivity contribution in [2.45, 2.75) is 17.6 Å². The second kappa shape index (κ2) is 3.42. The fourth-order valence-corrected chi connectivity index (χ4v) is 0.523. The lowest BCUT2D eigenvalue weighted by Crippen LogP contribution is -2.35. The molecule has 0 bridgehead atoms. The Kier molecular flexibility index (Phi) is 3.51. The van der Waals surface area contributed by atoms with Crippen LogP contribution in [-0.4, -0.2) is 16.2 Å². The smallest absolute Gasteiger partial charge is 0.251 e. The van der Waals surface area contributed by atoms with Crippen LogP contribution in [0.3, 0.4) is 0 Å². The Morgan fingerprint density at radius 3 is 2.44 bits per heavy atom. The van der Waals surface area contributed by atoms with Gasteiger partial charge in [-0.1, -0.05) is 27.5 Å². The fourth-order valence-electron chi connectivity index (χ4n) is 0.316. The fraction of sp³-hybridized carbons (Fsp3) is 0.800. The van der Waals surface area contributed by atoms with Crippen LogP contribution in [-0.2, 0) is 4.79 Å². The molecule has 0 heterocycles. The van der Waals surface area contributed by atoms with Gasteiger partial charge in [-0.2, -0.15) is 0 Å². The number of halogens is 2. The normalized spacial score (nSPS) is 16.4. The van der Waals surface area contributed by atoms with E-state index in [-0.39, 0.29) is 5.91 Å². The summed E-state index contributed by atoms with van der Waals surface area (Å²) >= 11 is 8.57. The van der Waals surface area contributed by atoms with Gasteiger partial charge in [-0.05, 0) is 13.8 Å². The van der Waals surface area contributed by atoms with Crippen molar-refractivity contribution in [1.29, 1.82) is 0 Å². The SMILES string of the molecule is CCNC(=O)C(C)(Cl)Br. The van der Waals surface area contributed by atoms with Crippen molar-refractivity contribution in [3.63, 3.8) is 0 Å². The van der Waals surface area contributed by atoms with Crippen molar-refractivity contribution < 1.29 is 4.79 Å². The lowest BCUT2D eigenvalue weighted by atomic mass is 10.4. The van der Waals surface area contributed by atoms with Gasteiger partial charge in [-0.3, -0.25) is 4.79 Å². The zero-order chi connectivity index (χ0) is 7.49. The van der Waals surface area contributed by atoms with E-state index in [0.717, 1.165) is 0 Å². The van der Waals surface area contributed by atoms with Crippen molar-refractivity contribution in [1.82, 2.24) is 5.32 Å². The van der Waals surface area contributed by atoms with Crippen LogP contribution in [0.2, 0.25) is 0 Å². The first kappa shape index (κ1) is 9.24. The molecule has 0 saturated heterocycles. The van der Waals surface area contributed by atoms with Gasteiger partial charge in [0.2, 0.25) is 0 Å². The highest BCUT2D eigenvalue weighted by Gasteiger charge is 2.25. The second-order valence-corrected chi connectivity index (χ2v) is 4.55. The van der Waals surface area contributed by atoms with Crippen molar-refractivity contribution in [3.8, 4) is 0 Å². The van der Waals surface area contributed by atoms with E-state index in [0.29, 0.717) is 6.54 Å². The highest BCUT2D eigenvalue weighted by atomic mass is 79.9. The molecule has 0 aliphatic rings. The third-order valence-corrected chi connectivity index (χ3v) is 1.27. The minimum atomic E-state index is -0.955. The quantitative estimate of drug-likeness (QED) is 0.693. The van der Waals surface area contributed by atoms with E-state index in [9.17, 15) is 4.79 Å². The van der Waals surface area contributed by atoms with E-state index in [1.165, 1.54) is 0 Å². The van der Waals surface area contributed by atoms with Gasteiger partial charge in [-0.15, -0.1) is 0 Å². The number of carbonyl (C=O) groups excluding carboxylic acids is 1. The predicted octanol–water partition coefficient (Wildman–Crippen LogP) is 1.47. The molecule has 0 spiro atoms. The molecule has 0 saturated carbocycles. The maximum atomic E-state index is 10.8. The Bertz CT molecular complexity index is 110. The number of alkyl halides is 2. The van der Waals surface area contributed by atoms with Crippen molar-refractivity contribution in [3.05, 3.63) is 0 Å². The summed E-state index contributed by atoms with van der Waals surface area (Å²) in [5.74, 6) is -0.202. The van der Waals surface area contributed by atoms with Crippen LogP contribution in [0, 0.1) is 0 Å². The second-order valence-electron chi connectivity index (χ2n) is 1.75. The molecule has 0 aliphatic heterocycles. The van der Waals surface area contributed by atoms with E-state index >= 15 is 0 Å². The Morgan fingerprint density at radius 1 is 1.89 bits per heavy atom. The molecule has 54 valence electrons. The number of rotatable bonds is 2. The third kappa shape index (κ3) is 3.76. The molecular weight excluding hydrogens is 205 g/mol. The Hall–Kier alpha value is 0.240. The van der Waals surface area contributed by atoms with Crippen LogP contribution < -0.4 is 5.32 Å². The lowest BCUT2D eigenvalue weighted by Gasteiger charge is -2.11. The molecule has 0 radical (unpaired) electrons. The van der Waals surface area contributed by atoms with E-state index < -0.39 is 3.78 Å². The van der Waals surface area contributed by atoms with Crippen LogP contribution in [0.5, 0.6) is 0 Å². The number of nitrogens with one attached hydrogen (secondary N) is 1. The average molecular weight is 214 g/mol. The molecule has 1 amide bonds. The first-order chi connectivity index (χ1) is 3.98.